The zero-order valence-corrected chi connectivity index (χ0v) is 20.7. The number of unbranched alkanes of at least 4 members (excludes halogenated alkanes) is 19. The van der Waals surface area contributed by atoms with Crippen LogP contribution in [0.3, 0.4) is 0 Å². The van der Waals surface area contributed by atoms with Crippen LogP contribution in [0.15, 0.2) is 0 Å². The fourth-order valence-electron chi connectivity index (χ4n) is 4.34. The quantitative estimate of drug-likeness (QED) is 0.119. The van der Waals surface area contributed by atoms with Crippen molar-refractivity contribution in [2.75, 3.05) is 27.2 Å². The van der Waals surface area contributed by atoms with Crippen molar-refractivity contribution in [1.82, 2.24) is 0 Å². The molecule has 0 radical (unpaired) electrons. The molecule has 28 heavy (non-hydrogen) atoms. The monoisotopic (exact) mass is 396 g/mol. The Morgan fingerprint density at radius 2 is 0.536 bits per heavy atom. The molecule has 0 aromatic carbocycles. The predicted molar refractivity (Wildman–Crippen MR) is 130 cm³/mol. The van der Waals surface area contributed by atoms with E-state index in [0.29, 0.717) is 0 Å². The normalized spacial score (nSPS) is 12.0. The van der Waals surface area contributed by atoms with Gasteiger partial charge in [-0.25, -0.2) is 0 Å². The van der Waals surface area contributed by atoms with E-state index in [2.05, 4.69) is 27.9 Å². The molecule has 0 unspecified atom stereocenters. The summed E-state index contributed by atoms with van der Waals surface area (Å²) in [5.41, 5.74) is 0. The Morgan fingerprint density at radius 1 is 0.321 bits per heavy atom. The summed E-state index contributed by atoms with van der Waals surface area (Å²) >= 11 is 0. The number of quaternary nitrogens is 1. The van der Waals surface area contributed by atoms with E-state index in [4.69, 9.17) is 0 Å². The topological polar surface area (TPSA) is 0 Å². The van der Waals surface area contributed by atoms with E-state index in [1.165, 1.54) is 152 Å². The maximum atomic E-state index is 2.44. The van der Waals surface area contributed by atoms with E-state index in [1.807, 2.05) is 0 Å². The van der Waals surface area contributed by atoms with Gasteiger partial charge >= 0.3 is 0 Å². The first-order valence-electron chi connectivity index (χ1n) is 13.4. The van der Waals surface area contributed by atoms with Crippen LogP contribution in [0.1, 0.15) is 149 Å². The molecule has 0 spiro atoms. The predicted octanol–water partition coefficient (Wildman–Crippen LogP) is 9.29. The summed E-state index contributed by atoms with van der Waals surface area (Å²) in [6.45, 7) is 7.37. The first kappa shape index (κ1) is 28.0. The molecule has 0 fully saturated rings. The van der Waals surface area contributed by atoms with Gasteiger partial charge in [0.1, 0.15) is 0 Å². The van der Waals surface area contributed by atoms with E-state index >= 15 is 0 Å². The van der Waals surface area contributed by atoms with Crippen molar-refractivity contribution in [2.24, 2.45) is 0 Å². The molecule has 0 amide bonds. The standard InChI is InChI=1S/C27H58N/c1-5-7-9-11-13-14-15-16-17-18-19-21-23-25-27-28(3,4)26-24-22-20-12-10-8-6-2/h5-27H2,1-4H3/q+1. The summed E-state index contributed by atoms with van der Waals surface area (Å²) in [7, 11) is 4.89. The van der Waals surface area contributed by atoms with Crippen LogP contribution >= 0.6 is 0 Å². The lowest BCUT2D eigenvalue weighted by Crippen LogP contribution is -2.41. The Kier molecular flexibility index (Phi) is 21.6. The Morgan fingerprint density at radius 3 is 0.786 bits per heavy atom. The van der Waals surface area contributed by atoms with Gasteiger partial charge < -0.3 is 4.48 Å². The highest BCUT2D eigenvalue weighted by atomic mass is 15.3. The summed E-state index contributed by atoms with van der Waals surface area (Å²) in [5, 5.41) is 0. The summed E-state index contributed by atoms with van der Waals surface area (Å²) in [4.78, 5) is 0. The van der Waals surface area contributed by atoms with Gasteiger partial charge in [-0.2, -0.15) is 0 Å². The molecule has 0 N–H and O–H groups in total. The SMILES string of the molecule is CCCCCCCCCCCCCCCC[N+](C)(C)CCCCCCCCC. The van der Waals surface area contributed by atoms with Gasteiger partial charge in [0.2, 0.25) is 0 Å². The smallest absolute Gasteiger partial charge is 0.0782 e. The summed E-state index contributed by atoms with van der Waals surface area (Å²) in [5.74, 6) is 0. The molecule has 0 aromatic heterocycles. The van der Waals surface area contributed by atoms with Gasteiger partial charge in [0, 0.05) is 0 Å². The second-order valence-electron chi connectivity index (χ2n) is 10.1. The summed E-state index contributed by atoms with van der Waals surface area (Å²) < 4.78 is 1.24. The molecule has 0 aliphatic carbocycles. The van der Waals surface area contributed by atoms with E-state index in [0.717, 1.165) is 0 Å². The van der Waals surface area contributed by atoms with Gasteiger partial charge in [0.15, 0.2) is 0 Å². The fourth-order valence-corrected chi connectivity index (χ4v) is 4.34. The Labute approximate surface area is 180 Å². The molecule has 0 bridgehead atoms. The van der Waals surface area contributed by atoms with Crippen LogP contribution in [-0.2, 0) is 0 Å². The second kappa shape index (κ2) is 21.7. The van der Waals surface area contributed by atoms with Crippen molar-refractivity contribution in [3.63, 3.8) is 0 Å². The van der Waals surface area contributed by atoms with Crippen LogP contribution in [0.5, 0.6) is 0 Å². The number of nitrogens with zero attached hydrogens (tertiary/aromatic N) is 1. The molecule has 0 heterocycles. The third kappa shape index (κ3) is 22.3. The van der Waals surface area contributed by atoms with Gasteiger partial charge in [-0.3, -0.25) is 0 Å². The van der Waals surface area contributed by atoms with E-state index in [-0.39, 0.29) is 0 Å². The van der Waals surface area contributed by atoms with E-state index in [1.54, 1.807) is 0 Å². The average Bonchev–Trinajstić information content (AvgIpc) is 2.67. The molecule has 0 aliphatic rings. The second-order valence-corrected chi connectivity index (χ2v) is 10.1. The van der Waals surface area contributed by atoms with Crippen LogP contribution in [0.4, 0.5) is 0 Å². The molecule has 1 heteroatoms. The molecular formula is C27H58N+. The van der Waals surface area contributed by atoms with Crippen LogP contribution in [0, 0.1) is 0 Å². The summed E-state index contributed by atoms with van der Waals surface area (Å²) in [6.07, 6.45) is 30.5. The van der Waals surface area contributed by atoms with Crippen LogP contribution < -0.4 is 0 Å². The maximum absolute atomic E-state index is 2.44. The molecule has 170 valence electrons. The lowest BCUT2D eigenvalue weighted by atomic mass is 10.0. The van der Waals surface area contributed by atoms with Gasteiger partial charge in [-0.1, -0.05) is 123 Å². The zero-order chi connectivity index (χ0) is 20.8. The minimum absolute atomic E-state index is 1.24. The minimum Gasteiger partial charge on any atom is -0.328 e. The molecule has 0 atom stereocenters. The Balaban J connectivity index is 3.27. The van der Waals surface area contributed by atoms with Crippen LogP contribution in [0.2, 0.25) is 0 Å². The molecule has 0 saturated carbocycles. The lowest BCUT2D eigenvalue weighted by molar-refractivity contribution is -0.890. The molecule has 0 rings (SSSR count). The van der Waals surface area contributed by atoms with Crippen molar-refractivity contribution in [3.8, 4) is 0 Å². The van der Waals surface area contributed by atoms with Crippen molar-refractivity contribution in [2.45, 2.75) is 149 Å². The number of hydrogen-bond acceptors (Lipinski definition) is 0. The summed E-state index contributed by atoms with van der Waals surface area (Å²) in [6, 6.07) is 0. The molecular weight excluding hydrogens is 338 g/mol. The number of hydrogen-bond donors (Lipinski definition) is 0. The van der Waals surface area contributed by atoms with Gasteiger partial charge in [0.05, 0.1) is 27.2 Å². The first-order chi connectivity index (χ1) is 13.6. The minimum atomic E-state index is 1.24. The molecule has 0 aromatic rings. The van der Waals surface area contributed by atoms with E-state index in [9.17, 15) is 0 Å². The van der Waals surface area contributed by atoms with Crippen molar-refractivity contribution < 1.29 is 4.48 Å². The average molecular weight is 397 g/mol. The van der Waals surface area contributed by atoms with Crippen molar-refractivity contribution in [3.05, 3.63) is 0 Å². The highest BCUT2D eigenvalue weighted by Crippen LogP contribution is 2.14. The highest BCUT2D eigenvalue weighted by Gasteiger charge is 2.13. The Hall–Kier alpha value is -0.0400. The largest absolute Gasteiger partial charge is 0.328 e. The molecule has 0 aliphatic heterocycles. The van der Waals surface area contributed by atoms with Gasteiger partial charge in [-0.05, 0) is 25.7 Å². The zero-order valence-electron chi connectivity index (χ0n) is 20.7. The third-order valence-electron chi connectivity index (χ3n) is 6.48. The lowest BCUT2D eigenvalue weighted by Gasteiger charge is -2.30. The number of rotatable bonds is 23. The molecule has 1 nitrogen and oxygen atoms in total. The maximum Gasteiger partial charge on any atom is 0.0782 e. The van der Waals surface area contributed by atoms with Gasteiger partial charge in [0.25, 0.3) is 0 Å². The van der Waals surface area contributed by atoms with Crippen molar-refractivity contribution >= 4 is 0 Å². The Bertz CT molecular complexity index is 284. The first-order valence-corrected chi connectivity index (χ1v) is 13.4. The van der Waals surface area contributed by atoms with Crippen LogP contribution in [0.25, 0.3) is 0 Å². The van der Waals surface area contributed by atoms with Crippen molar-refractivity contribution in [1.29, 1.82) is 0 Å². The third-order valence-corrected chi connectivity index (χ3v) is 6.48. The van der Waals surface area contributed by atoms with Gasteiger partial charge in [-0.15, -0.1) is 0 Å². The highest BCUT2D eigenvalue weighted by molar-refractivity contribution is 4.50. The fraction of sp³-hybridized carbons (Fsp3) is 1.00. The van der Waals surface area contributed by atoms with E-state index < -0.39 is 0 Å². The van der Waals surface area contributed by atoms with Crippen LogP contribution in [-0.4, -0.2) is 31.7 Å². The molecule has 0 saturated heterocycles.